The monoisotopic (exact) mass is 100 g/mol. The minimum atomic E-state index is -0.111. The lowest BCUT2D eigenvalue weighted by Crippen LogP contribution is -2.07. The van der Waals surface area contributed by atoms with Crippen molar-refractivity contribution < 1.29 is 9.47 Å². The SMILES string of the molecule is COC1CO[C]=N1. The molecular weight excluding hydrogens is 94.0 g/mol. The molecule has 1 atom stereocenters. The molecule has 1 radical (unpaired) electrons. The molecule has 0 amide bonds. The third-order valence-corrected chi connectivity index (χ3v) is 0.759. The van der Waals surface area contributed by atoms with Gasteiger partial charge in [0.05, 0.1) is 0 Å². The van der Waals surface area contributed by atoms with Crippen molar-refractivity contribution in [1.29, 1.82) is 0 Å². The van der Waals surface area contributed by atoms with Crippen LogP contribution in [-0.2, 0) is 9.47 Å². The molecule has 1 rings (SSSR count). The molecule has 1 aliphatic heterocycles. The van der Waals surface area contributed by atoms with E-state index in [-0.39, 0.29) is 6.23 Å². The van der Waals surface area contributed by atoms with Gasteiger partial charge < -0.3 is 9.47 Å². The Labute approximate surface area is 42.0 Å². The number of hydrogen-bond donors (Lipinski definition) is 0. The molecular formula is C4H6NO2. The summed E-state index contributed by atoms with van der Waals surface area (Å²) in [6.07, 6.45) is 2.21. The average Bonchev–Trinajstić information content (AvgIpc) is 2.14. The quantitative estimate of drug-likeness (QED) is 0.460. The van der Waals surface area contributed by atoms with Gasteiger partial charge in [0.2, 0.25) is 0 Å². The zero-order chi connectivity index (χ0) is 5.11. The molecule has 3 heteroatoms. The minimum Gasteiger partial charge on any atom is -0.469 e. The third-order valence-electron chi connectivity index (χ3n) is 0.759. The van der Waals surface area contributed by atoms with Gasteiger partial charge in [0, 0.05) is 7.11 Å². The molecule has 0 saturated heterocycles. The van der Waals surface area contributed by atoms with E-state index in [2.05, 4.69) is 16.1 Å². The highest BCUT2D eigenvalue weighted by Gasteiger charge is 2.08. The molecule has 0 fully saturated rings. The van der Waals surface area contributed by atoms with Gasteiger partial charge >= 0.3 is 0 Å². The van der Waals surface area contributed by atoms with Crippen molar-refractivity contribution in [1.82, 2.24) is 0 Å². The Bertz CT molecular complexity index is 81.8. The van der Waals surface area contributed by atoms with Crippen molar-refractivity contribution in [2.75, 3.05) is 13.7 Å². The highest BCUT2D eigenvalue weighted by Crippen LogP contribution is 1.96. The van der Waals surface area contributed by atoms with Crippen LogP contribution in [0.15, 0.2) is 4.99 Å². The summed E-state index contributed by atoms with van der Waals surface area (Å²) in [6, 6.07) is 0. The molecule has 0 aromatic carbocycles. The van der Waals surface area contributed by atoms with Gasteiger partial charge in [-0.05, 0) is 0 Å². The Morgan fingerprint density at radius 3 is 3.14 bits per heavy atom. The lowest BCUT2D eigenvalue weighted by Gasteiger charge is -1.97. The molecule has 0 aromatic rings. The Hall–Kier alpha value is -0.570. The largest absolute Gasteiger partial charge is 0.469 e. The van der Waals surface area contributed by atoms with Crippen molar-refractivity contribution in [3.63, 3.8) is 0 Å². The van der Waals surface area contributed by atoms with Crippen LogP contribution in [0.5, 0.6) is 0 Å². The van der Waals surface area contributed by atoms with Gasteiger partial charge in [0.15, 0.2) is 6.23 Å². The first-order chi connectivity index (χ1) is 3.43. The Morgan fingerprint density at radius 1 is 2.00 bits per heavy atom. The molecule has 0 spiro atoms. The summed E-state index contributed by atoms with van der Waals surface area (Å²) in [5.41, 5.74) is 0. The summed E-state index contributed by atoms with van der Waals surface area (Å²) >= 11 is 0. The molecule has 3 nitrogen and oxygen atoms in total. The fraction of sp³-hybridized carbons (Fsp3) is 0.750. The smallest absolute Gasteiger partial charge is 0.275 e. The summed E-state index contributed by atoms with van der Waals surface area (Å²) in [4.78, 5) is 3.66. The highest BCUT2D eigenvalue weighted by molar-refractivity contribution is 5.48. The van der Waals surface area contributed by atoms with E-state index in [4.69, 9.17) is 4.74 Å². The fourth-order valence-electron chi connectivity index (χ4n) is 0.363. The van der Waals surface area contributed by atoms with Crippen LogP contribution in [0, 0.1) is 0 Å². The second kappa shape index (κ2) is 1.93. The summed E-state index contributed by atoms with van der Waals surface area (Å²) in [7, 11) is 1.59. The van der Waals surface area contributed by atoms with Crippen LogP contribution in [0.2, 0.25) is 0 Å². The zero-order valence-corrected chi connectivity index (χ0v) is 4.05. The molecule has 0 aliphatic carbocycles. The lowest BCUT2D eigenvalue weighted by molar-refractivity contribution is 0.0840. The number of hydrogen-bond acceptors (Lipinski definition) is 3. The van der Waals surface area contributed by atoms with Crippen molar-refractivity contribution in [3.05, 3.63) is 0 Å². The fourth-order valence-corrected chi connectivity index (χ4v) is 0.363. The summed E-state index contributed by atoms with van der Waals surface area (Å²) in [6.45, 7) is 0.510. The van der Waals surface area contributed by atoms with E-state index < -0.39 is 0 Å². The van der Waals surface area contributed by atoms with Crippen LogP contribution < -0.4 is 0 Å². The Kier molecular flexibility index (Phi) is 1.26. The normalized spacial score (nSPS) is 27.9. The van der Waals surface area contributed by atoms with Gasteiger partial charge in [-0.15, -0.1) is 0 Å². The maximum Gasteiger partial charge on any atom is 0.275 e. The predicted molar refractivity (Wildman–Crippen MR) is 24.2 cm³/mol. The molecule has 39 valence electrons. The first-order valence-corrected chi connectivity index (χ1v) is 2.03. The molecule has 1 heterocycles. The van der Waals surface area contributed by atoms with Crippen LogP contribution in [0.4, 0.5) is 0 Å². The second-order valence-corrected chi connectivity index (χ2v) is 1.22. The van der Waals surface area contributed by atoms with Crippen LogP contribution in [0.25, 0.3) is 0 Å². The van der Waals surface area contributed by atoms with Gasteiger partial charge in [0.1, 0.15) is 6.61 Å². The topological polar surface area (TPSA) is 30.8 Å². The number of aliphatic imine (C=N–C) groups is 1. The predicted octanol–water partition coefficient (Wildman–Crippen LogP) is -0.106. The van der Waals surface area contributed by atoms with Gasteiger partial charge in [-0.2, -0.15) is 0 Å². The van der Waals surface area contributed by atoms with E-state index in [0.717, 1.165) is 0 Å². The molecule has 0 saturated carbocycles. The summed E-state index contributed by atoms with van der Waals surface area (Å²) < 4.78 is 9.36. The Balaban J connectivity index is 2.28. The van der Waals surface area contributed by atoms with Gasteiger partial charge in [0.25, 0.3) is 6.40 Å². The van der Waals surface area contributed by atoms with E-state index in [0.29, 0.717) is 6.61 Å². The van der Waals surface area contributed by atoms with Crippen molar-refractivity contribution in [2.24, 2.45) is 4.99 Å². The van der Waals surface area contributed by atoms with E-state index in [1.54, 1.807) is 7.11 Å². The standard InChI is InChI=1S/C4H6NO2/c1-6-4-2-7-3-5-4/h4H,2H2,1H3. The van der Waals surface area contributed by atoms with Crippen LogP contribution in [0.1, 0.15) is 0 Å². The third kappa shape index (κ3) is 0.899. The molecule has 0 bridgehead atoms. The van der Waals surface area contributed by atoms with E-state index in [9.17, 15) is 0 Å². The Morgan fingerprint density at radius 2 is 2.86 bits per heavy atom. The summed E-state index contributed by atoms with van der Waals surface area (Å²) in [5, 5.41) is 0. The lowest BCUT2D eigenvalue weighted by atomic mass is 10.6. The van der Waals surface area contributed by atoms with Crippen LogP contribution >= 0.6 is 0 Å². The second-order valence-electron chi connectivity index (χ2n) is 1.22. The highest BCUT2D eigenvalue weighted by atomic mass is 16.5. The molecule has 1 unspecified atom stereocenters. The number of methoxy groups -OCH3 is 1. The van der Waals surface area contributed by atoms with Crippen molar-refractivity contribution in [2.45, 2.75) is 6.23 Å². The maximum atomic E-state index is 4.76. The van der Waals surface area contributed by atoms with Crippen molar-refractivity contribution >= 4 is 6.40 Å². The van der Waals surface area contributed by atoms with E-state index in [1.165, 1.54) is 0 Å². The number of ether oxygens (including phenoxy) is 2. The van der Waals surface area contributed by atoms with Gasteiger partial charge in [-0.1, -0.05) is 0 Å². The number of nitrogens with zero attached hydrogens (tertiary/aromatic N) is 1. The first-order valence-electron chi connectivity index (χ1n) is 2.03. The maximum absolute atomic E-state index is 4.76. The van der Waals surface area contributed by atoms with E-state index in [1.807, 2.05) is 0 Å². The minimum absolute atomic E-state index is 0.111. The average molecular weight is 100 g/mol. The van der Waals surface area contributed by atoms with Gasteiger partial charge in [-0.25, -0.2) is 4.99 Å². The zero-order valence-electron chi connectivity index (χ0n) is 4.05. The number of rotatable bonds is 1. The first kappa shape index (κ1) is 4.59. The molecule has 0 N–H and O–H groups in total. The molecule has 0 aromatic heterocycles. The van der Waals surface area contributed by atoms with Crippen molar-refractivity contribution in [3.8, 4) is 0 Å². The van der Waals surface area contributed by atoms with Crippen LogP contribution in [-0.4, -0.2) is 26.3 Å². The summed E-state index contributed by atoms with van der Waals surface area (Å²) in [5.74, 6) is 0. The van der Waals surface area contributed by atoms with E-state index >= 15 is 0 Å². The van der Waals surface area contributed by atoms with Gasteiger partial charge in [-0.3, -0.25) is 0 Å². The van der Waals surface area contributed by atoms with Crippen LogP contribution in [0.3, 0.4) is 0 Å². The molecule has 7 heavy (non-hydrogen) atoms. The molecule has 1 aliphatic rings.